The van der Waals surface area contributed by atoms with E-state index >= 15 is 0 Å². The predicted molar refractivity (Wildman–Crippen MR) is 94.3 cm³/mol. The van der Waals surface area contributed by atoms with Crippen LogP contribution in [0.1, 0.15) is 12.5 Å². The summed E-state index contributed by atoms with van der Waals surface area (Å²) in [5, 5.41) is 29.5. The number of carbonyl (C=O) groups excluding carboxylic acids is 1. The second-order valence-electron chi connectivity index (χ2n) is 5.56. The molecule has 7 nitrogen and oxygen atoms in total. The quantitative estimate of drug-likeness (QED) is 0.477. The first-order valence-corrected chi connectivity index (χ1v) is 7.72. The van der Waals surface area contributed by atoms with Crippen LogP contribution in [0.5, 0.6) is 5.75 Å². The lowest BCUT2D eigenvalue weighted by atomic mass is 10.1. The van der Waals surface area contributed by atoms with Crippen LogP contribution in [0.2, 0.25) is 5.02 Å². The van der Waals surface area contributed by atoms with Gasteiger partial charge in [-0.1, -0.05) is 17.7 Å². The van der Waals surface area contributed by atoms with Crippen molar-refractivity contribution in [3.63, 3.8) is 0 Å². The smallest absolute Gasteiger partial charge is 0.285 e. The molecule has 26 heavy (non-hydrogen) atoms. The van der Waals surface area contributed by atoms with Gasteiger partial charge in [0.05, 0.1) is 23.9 Å². The van der Waals surface area contributed by atoms with Crippen molar-refractivity contribution in [1.82, 2.24) is 0 Å². The van der Waals surface area contributed by atoms with Crippen molar-refractivity contribution >= 4 is 28.9 Å². The van der Waals surface area contributed by atoms with E-state index in [0.29, 0.717) is 11.3 Å². The van der Waals surface area contributed by atoms with Gasteiger partial charge in [-0.2, -0.15) is 10.3 Å². The van der Waals surface area contributed by atoms with Crippen LogP contribution in [0.25, 0.3) is 4.85 Å². The van der Waals surface area contributed by atoms with Gasteiger partial charge in [-0.3, -0.25) is 10.0 Å². The molecule has 0 fully saturated rings. The topological polar surface area (TPSA) is 98.2 Å². The zero-order valence-corrected chi connectivity index (χ0v) is 14.4. The number of carbonyl (C=O) groups is 1. The fourth-order valence-corrected chi connectivity index (χ4v) is 2.19. The minimum absolute atomic E-state index is 0.00560. The van der Waals surface area contributed by atoms with Crippen LogP contribution < -0.4 is 9.80 Å². The van der Waals surface area contributed by atoms with Crippen LogP contribution in [0, 0.1) is 17.9 Å². The van der Waals surface area contributed by atoms with Gasteiger partial charge in [0.1, 0.15) is 12.4 Å². The first kappa shape index (κ1) is 19.2. The highest BCUT2D eigenvalue weighted by Gasteiger charge is 2.36. The summed E-state index contributed by atoms with van der Waals surface area (Å²) in [6, 6.07) is 12.0. The number of nitriles is 1. The van der Waals surface area contributed by atoms with E-state index in [1.807, 2.05) is 6.07 Å². The molecule has 2 aromatic rings. The second-order valence-corrected chi connectivity index (χ2v) is 5.97. The first-order chi connectivity index (χ1) is 12.3. The Morgan fingerprint density at radius 1 is 1.38 bits per heavy atom. The minimum Gasteiger partial charge on any atom is -0.490 e. The van der Waals surface area contributed by atoms with Gasteiger partial charge >= 0.3 is 0 Å². The van der Waals surface area contributed by atoms with Crippen LogP contribution in [0.15, 0.2) is 42.5 Å². The van der Waals surface area contributed by atoms with E-state index in [4.69, 9.17) is 28.2 Å². The molecule has 2 N–H and O–H groups in total. The number of ether oxygens (including phenoxy) is 1. The lowest BCUT2D eigenvalue weighted by molar-refractivity contribution is -0.143. The molecule has 0 heterocycles. The van der Waals surface area contributed by atoms with E-state index < -0.39 is 18.1 Å². The van der Waals surface area contributed by atoms with Crippen molar-refractivity contribution in [2.75, 3.05) is 11.7 Å². The molecule has 132 valence electrons. The second kappa shape index (κ2) is 7.85. The van der Waals surface area contributed by atoms with Gasteiger partial charge < -0.3 is 9.84 Å². The van der Waals surface area contributed by atoms with Gasteiger partial charge in [0.25, 0.3) is 5.91 Å². The number of aliphatic hydroxyl groups is 1. The van der Waals surface area contributed by atoms with Crippen molar-refractivity contribution in [3.05, 3.63) is 64.5 Å². The molecule has 0 aliphatic carbocycles. The number of nitrogens with zero attached hydrogens (tertiary/aromatic N) is 3. The largest absolute Gasteiger partial charge is 0.490 e. The van der Waals surface area contributed by atoms with Crippen LogP contribution in [0.4, 0.5) is 11.4 Å². The Hall–Kier alpha value is -3.10. The van der Waals surface area contributed by atoms with Crippen molar-refractivity contribution in [1.29, 1.82) is 5.26 Å². The van der Waals surface area contributed by atoms with Crippen molar-refractivity contribution in [3.8, 4) is 11.8 Å². The van der Waals surface area contributed by atoms with Gasteiger partial charge in [-0.15, -0.1) is 0 Å². The molecule has 0 radical (unpaired) electrons. The summed E-state index contributed by atoms with van der Waals surface area (Å²) in [6.07, 6.45) is 0. The Labute approximate surface area is 155 Å². The fourth-order valence-electron chi connectivity index (χ4n) is 1.97. The average Bonchev–Trinajstić information content (AvgIpc) is 2.65. The molecule has 1 atom stereocenters. The van der Waals surface area contributed by atoms with Crippen molar-refractivity contribution in [2.24, 2.45) is 0 Å². The molecule has 2 rings (SSSR count). The number of rotatable bonds is 5. The number of benzene rings is 2. The third-order valence-electron chi connectivity index (χ3n) is 3.45. The summed E-state index contributed by atoms with van der Waals surface area (Å²) < 4.78 is 5.35. The number of amides is 1. The van der Waals surface area contributed by atoms with Crippen LogP contribution in [-0.2, 0) is 4.79 Å². The maximum atomic E-state index is 12.4. The monoisotopic (exact) mass is 371 g/mol. The molecule has 0 saturated heterocycles. The molecule has 0 spiro atoms. The lowest BCUT2D eigenvalue weighted by Gasteiger charge is -2.26. The van der Waals surface area contributed by atoms with Gasteiger partial charge in [0.2, 0.25) is 5.69 Å². The summed E-state index contributed by atoms with van der Waals surface area (Å²) >= 11 is 5.89. The third kappa shape index (κ3) is 4.29. The molecule has 1 amide bonds. The van der Waals surface area contributed by atoms with Crippen LogP contribution in [-0.4, -0.2) is 28.4 Å². The molecule has 0 aliphatic heterocycles. The number of hydroxylamine groups is 1. The van der Waals surface area contributed by atoms with Gasteiger partial charge in [0, 0.05) is 5.02 Å². The summed E-state index contributed by atoms with van der Waals surface area (Å²) in [7, 11) is 0. The van der Waals surface area contributed by atoms with Gasteiger partial charge in [0.15, 0.2) is 5.60 Å². The summed E-state index contributed by atoms with van der Waals surface area (Å²) in [5.41, 5.74) is -1.41. The fraction of sp³-hybridized carbons (Fsp3) is 0.167. The minimum atomic E-state index is -2.03. The molecule has 0 aromatic heterocycles. The Morgan fingerprint density at radius 2 is 2.04 bits per heavy atom. The molecule has 2 aromatic carbocycles. The third-order valence-corrected chi connectivity index (χ3v) is 3.76. The van der Waals surface area contributed by atoms with Crippen LogP contribution in [0.3, 0.4) is 0 Å². The number of halogens is 1. The van der Waals surface area contributed by atoms with E-state index in [2.05, 4.69) is 4.85 Å². The lowest BCUT2D eigenvalue weighted by Crippen LogP contribution is -2.49. The zero-order chi connectivity index (χ0) is 19.3. The molecule has 0 unspecified atom stereocenters. The molecule has 8 heteroatoms. The Balaban J connectivity index is 2.09. The molecule has 0 aliphatic rings. The number of hydrogen-bond donors (Lipinski definition) is 2. The van der Waals surface area contributed by atoms with Gasteiger partial charge in [-0.05, 0) is 43.3 Å². The van der Waals surface area contributed by atoms with Crippen molar-refractivity contribution < 1.29 is 19.8 Å². The first-order valence-electron chi connectivity index (χ1n) is 7.34. The highest BCUT2D eigenvalue weighted by molar-refractivity contribution is 6.33. The SMILES string of the molecule is [C-]#[N+]c1ccc(N(O)C(=O)[C@@](C)(O)COc2ccc(C#N)cc2)cc1Cl. The highest BCUT2D eigenvalue weighted by Crippen LogP contribution is 2.30. The summed E-state index contributed by atoms with van der Waals surface area (Å²) in [4.78, 5) is 15.5. The van der Waals surface area contributed by atoms with Crippen LogP contribution >= 0.6 is 11.6 Å². The Morgan fingerprint density at radius 3 is 2.58 bits per heavy atom. The van der Waals surface area contributed by atoms with E-state index in [-0.39, 0.29) is 21.5 Å². The average molecular weight is 372 g/mol. The molecular formula is C18H14ClN3O4. The maximum Gasteiger partial charge on any atom is 0.285 e. The van der Waals surface area contributed by atoms with E-state index in [1.165, 1.54) is 49.4 Å². The predicted octanol–water partition coefficient (Wildman–Crippen LogP) is 3.31. The van der Waals surface area contributed by atoms with E-state index in [1.54, 1.807) is 0 Å². The van der Waals surface area contributed by atoms with Crippen molar-refractivity contribution in [2.45, 2.75) is 12.5 Å². The highest BCUT2D eigenvalue weighted by atomic mass is 35.5. The Bertz CT molecular complexity index is 898. The zero-order valence-electron chi connectivity index (χ0n) is 13.7. The molecular weight excluding hydrogens is 358 g/mol. The number of anilines is 1. The molecule has 0 saturated carbocycles. The van der Waals surface area contributed by atoms with E-state index in [9.17, 15) is 15.1 Å². The summed E-state index contributed by atoms with van der Waals surface area (Å²) in [6.45, 7) is 7.70. The number of hydrogen-bond acceptors (Lipinski definition) is 5. The standard InChI is InChI=1S/C18H14ClN3O4/c1-18(24,11-26-14-6-3-12(10-20)4-7-14)17(23)22(25)13-5-8-16(21-2)15(19)9-13/h3-9,24-25H,11H2,1H3/t18-/m0/s1. The maximum absolute atomic E-state index is 12.4. The normalized spacial score (nSPS) is 12.4. The van der Waals surface area contributed by atoms with Gasteiger partial charge in [-0.25, -0.2) is 4.85 Å². The molecule has 0 bridgehead atoms. The van der Waals surface area contributed by atoms with E-state index in [0.717, 1.165) is 0 Å². The summed E-state index contributed by atoms with van der Waals surface area (Å²) in [5.74, 6) is -0.677. The Kier molecular flexibility index (Phi) is 5.81.